The third-order valence-corrected chi connectivity index (χ3v) is 3.28. The number of benzene rings is 1. The van der Waals surface area contributed by atoms with Gasteiger partial charge in [-0.25, -0.2) is 4.79 Å². The third-order valence-electron chi connectivity index (χ3n) is 3.28. The lowest BCUT2D eigenvalue weighted by Gasteiger charge is -2.23. The number of nitriles is 1. The molecule has 0 saturated heterocycles. The molecule has 0 atom stereocenters. The van der Waals surface area contributed by atoms with E-state index in [2.05, 4.69) is 6.07 Å². The van der Waals surface area contributed by atoms with Crippen molar-refractivity contribution in [1.82, 2.24) is 0 Å². The summed E-state index contributed by atoms with van der Waals surface area (Å²) >= 11 is 0. The summed E-state index contributed by atoms with van der Waals surface area (Å²) in [6, 6.07) is 7.01. The zero-order valence-electron chi connectivity index (χ0n) is 12.2. The summed E-state index contributed by atoms with van der Waals surface area (Å²) in [6.07, 6.45) is 1.68. The number of rotatable bonds is 6. The van der Waals surface area contributed by atoms with E-state index in [1.165, 1.54) is 6.07 Å². The number of hydrogen-bond donors (Lipinski definition) is 2. The molecule has 0 aliphatic rings. The van der Waals surface area contributed by atoms with Crippen LogP contribution in [-0.4, -0.2) is 24.7 Å². The molecule has 0 amide bonds. The Morgan fingerprint density at radius 1 is 1.50 bits per heavy atom. The first kappa shape index (κ1) is 15.8. The van der Waals surface area contributed by atoms with Gasteiger partial charge in [0.05, 0.1) is 28.4 Å². The maximum atomic E-state index is 10.8. The molecule has 0 aromatic heterocycles. The normalized spacial score (nSPS) is 10.9. The van der Waals surface area contributed by atoms with Crippen LogP contribution in [0, 0.1) is 16.7 Å². The van der Waals surface area contributed by atoms with Crippen molar-refractivity contribution < 1.29 is 9.90 Å². The Hall–Kier alpha value is -2.22. The summed E-state index contributed by atoms with van der Waals surface area (Å²) < 4.78 is 0. The lowest BCUT2D eigenvalue weighted by molar-refractivity contribution is 0.0697. The minimum atomic E-state index is -0.985. The second kappa shape index (κ2) is 6.29. The second-order valence-electron chi connectivity index (χ2n) is 5.60. The number of nitrogens with two attached hydrogens (primary N) is 1. The lowest BCUT2D eigenvalue weighted by Crippen LogP contribution is -2.21. The first-order valence-electron chi connectivity index (χ1n) is 6.52. The quantitative estimate of drug-likeness (QED) is 0.779. The van der Waals surface area contributed by atoms with Crippen molar-refractivity contribution in [2.45, 2.75) is 26.7 Å². The molecule has 0 radical (unpaired) electrons. The van der Waals surface area contributed by atoms with Gasteiger partial charge in [-0.1, -0.05) is 0 Å². The summed E-state index contributed by atoms with van der Waals surface area (Å²) in [5, 5.41) is 17.9. The molecule has 0 heterocycles. The van der Waals surface area contributed by atoms with E-state index in [1.807, 2.05) is 25.8 Å². The number of carboxylic acids is 1. The van der Waals surface area contributed by atoms with Crippen LogP contribution in [0.3, 0.4) is 0 Å². The van der Waals surface area contributed by atoms with E-state index in [4.69, 9.17) is 16.1 Å². The predicted octanol–water partition coefficient (Wildman–Crippen LogP) is 2.73. The number of carboxylic acid groups (broad SMARTS) is 1. The first-order valence-corrected chi connectivity index (χ1v) is 6.52. The van der Waals surface area contributed by atoms with Gasteiger partial charge >= 0.3 is 5.97 Å². The predicted molar refractivity (Wildman–Crippen MR) is 79.7 cm³/mol. The lowest BCUT2D eigenvalue weighted by atomic mass is 9.90. The van der Waals surface area contributed by atoms with E-state index >= 15 is 0 Å². The number of nitrogen functional groups attached to an aromatic ring is 1. The van der Waals surface area contributed by atoms with Crippen LogP contribution in [0.1, 0.15) is 37.0 Å². The fourth-order valence-electron chi connectivity index (χ4n) is 1.97. The SMILES string of the molecule is CN(CCCC(C)(C)C#N)c1ccc(C(=O)O)cc1N. The molecule has 3 N–H and O–H groups in total. The van der Waals surface area contributed by atoms with Gasteiger partial charge in [0.1, 0.15) is 0 Å². The summed E-state index contributed by atoms with van der Waals surface area (Å²) in [6.45, 7) is 4.60. The molecule has 0 bridgehead atoms. The van der Waals surface area contributed by atoms with Gasteiger partial charge in [0, 0.05) is 13.6 Å². The molecule has 0 unspecified atom stereocenters. The molecule has 0 aliphatic heterocycles. The molecular formula is C15H21N3O2. The molecule has 1 aromatic carbocycles. The number of hydrogen-bond acceptors (Lipinski definition) is 4. The first-order chi connectivity index (χ1) is 9.26. The number of carbonyl (C=O) groups is 1. The van der Waals surface area contributed by atoms with Gasteiger partial charge in [-0.2, -0.15) is 5.26 Å². The Morgan fingerprint density at radius 3 is 2.65 bits per heavy atom. The summed E-state index contributed by atoms with van der Waals surface area (Å²) in [5.41, 5.74) is 7.01. The zero-order valence-corrected chi connectivity index (χ0v) is 12.2. The van der Waals surface area contributed by atoms with E-state index in [1.54, 1.807) is 12.1 Å². The number of anilines is 2. The molecular weight excluding hydrogens is 254 g/mol. The van der Waals surface area contributed by atoms with Gasteiger partial charge < -0.3 is 15.7 Å². The fraction of sp³-hybridized carbons (Fsp3) is 0.467. The Labute approximate surface area is 119 Å². The van der Waals surface area contributed by atoms with Crippen molar-refractivity contribution in [2.75, 3.05) is 24.2 Å². The molecule has 0 fully saturated rings. The molecule has 1 rings (SSSR count). The maximum Gasteiger partial charge on any atom is 0.335 e. The molecule has 5 nitrogen and oxygen atoms in total. The third kappa shape index (κ3) is 4.16. The minimum Gasteiger partial charge on any atom is -0.478 e. The van der Waals surface area contributed by atoms with Gasteiger partial charge in [-0.05, 0) is 44.9 Å². The standard InChI is InChI=1S/C15H21N3O2/c1-15(2,10-16)7-4-8-18(3)13-6-5-11(14(19)20)9-12(13)17/h5-6,9H,4,7-8,17H2,1-3H3,(H,19,20). The van der Waals surface area contributed by atoms with Gasteiger partial charge in [-0.15, -0.1) is 0 Å². The molecule has 0 saturated carbocycles. The molecule has 0 aliphatic carbocycles. The van der Waals surface area contributed by atoms with Gasteiger partial charge in [-0.3, -0.25) is 0 Å². The van der Waals surface area contributed by atoms with Crippen molar-refractivity contribution in [3.05, 3.63) is 23.8 Å². The topological polar surface area (TPSA) is 90.3 Å². The Bertz CT molecular complexity index is 532. The fourth-order valence-corrected chi connectivity index (χ4v) is 1.97. The Kier molecular flexibility index (Phi) is 4.98. The van der Waals surface area contributed by atoms with Crippen molar-refractivity contribution >= 4 is 17.3 Å². The van der Waals surface area contributed by atoms with Crippen molar-refractivity contribution in [3.8, 4) is 6.07 Å². The highest BCUT2D eigenvalue weighted by atomic mass is 16.4. The van der Waals surface area contributed by atoms with Gasteiger partial charge in [0.25, 0.3) is 0 Å². The monoisotopic (exact) mass is 275 g/mol. The van der Waals surface area contributed by atoms with Crippen LogP contribution in [0.4, 0.5) is 11.4 Å². The molecule has 0 spiro atoms. The Balaban J connectivity index is 2.67. The van der Waals surface area contributed by atoms with E-state index in [0.717, 1.165) is 25.1 Å². The molecule has 5 heteroatoms. The average molecular weight is 275 g/mol. The Morgan fingerprint density at radius 2 is 2.15 bits per heavy atom. The van der Waals surface area contributed by atoms with E-state index in [0.29, 0.717) is 5.69 Å². The van der Waals surface area contributed by atoms with E-state index in [-0.39, 0.29) is 11.0 Å². The van der Waals surface area contributed by atoms with Crippen molar-refractivity contribution in [3.63, 3.8) is 0 Å². The number of nitrogens with zero attached hydrogens (tertiary/aromatic N) is 2. The van der Waals surface area contributed by atoms with E-state index < -0.39 is 5.97 Å². The molecule has 1 aromatic rings. The highest BCUT2D eigenvalue weighted by molar-refractivity contribution is 5.90. The van der Waals surface area contributed by atoms with Crippen LogP contribution in [0.5, 0.6) is 0 Å². The van der Waals surface area contributed by atoms with Crippen LogP contribution in [0.15, 0.2) is 18.2 Å². The highest BCUT2D eigenvalue weighted by Gasteiger charge is 2.16. The summed E-state index contributed by atoms with van der Waals surface area (Å²) in [7, 11) is 1.91. The van der Waals surface area contributed by atoms with Crippen LogP contribution >= 0.6 is 0 Å². The highest BCUT2D eigenvalue weighted by Crippen LogP contribution is 2.25. The van der Waals surface area contributed by atoms with Gasteiger partial charge in [0.2, 0.25) is 0 Å². The van der Waals surface area contributed by atoms with Crippen LogP contribution in [0.25, 0.3) is 0 Å². The number of aromatic carboxylic acids is 1. The van der Waals surface area contributed by atoms with Crippen LogP contribution in [0.2, 0.25) is 0 Å². The smallest absolute Gasteiger partial charge is 0.335 e. The zero-order chi connectivity index (χ0) is 15.3. The van der Waals surface area contributed by atoms with Crippen molar-refractivity contribution in [2.24, 2.45) is 5.41 Å². The van der Waals surface area contributed by atoms with Gasteiger partial charge in [0.15, 0.2) is 0 Å². The maximum absolute atomic E-state index is 10.8. The van der Waals surface area contributed by atoms with Crippen molar-refractivity contribution in [1.29, 1.82) is 5.26 Å². The summed E-state index contributed by atoms with van der Waals surface area (Å²) in [4.78, 5) is 12.8. The average Bonchev–Trinajstić information content (AvgIpc) is 2.38. The summed E-state index contributed by atoms with van der Waals surface area (Å²) in [5.74, 6) is -0.985. The molecule has 20 heavy (non-hydrogen) atoms. The van der Waals surface area contributed by atoms with Crippen LogP contribution < -0.4 is 10.6 Å². The largest absolute Gasteiger partial charge is 0.478 e. The van der Waals surface area contributed by atoms with E-state index in [9.17, 15) is 4.79 Å². The minimum absolute atomic E-state index is 0.185. The molecule has 108 valence electrons. The second-order valence-corrected chi connectivity index (χ2v) is 5.60. The van der Waals surface area contributed by atoms with Crippen LogP contribution in [-0.2, 0) is 0 Å².